The van der Waals surface area contributed by atoms with Crippen molar-refractivity contribution in [3.8, 4) is 5.75 Å². The van der Waals surface area contributed by atoms with Gasteiger partial charge in [-0.3, -0.25) is 14.9 Å². The van der Waals surface area contributed by atoms with Gasteiger partial charge in [-0.2, -0.15) is 0 Å². The lowest BCUT2D eigenvalue weighted by Gasteiger charge is -2.39. The number of urea groups is 1. The van der Waals surface area contributed by atoms with Crippen molar-refractivity contribution in [1.29, 1.82) is 0 Å². The third kappa shape index (κ3) is 6.63. The number of methoxy groups -OCH3 is 1. The zero-order valence-corrected chi connectivity index (χ0v) is 24.4. The van der Waals surface area contributed by atoms with Crippen molar-refractivity contribution < 1.29 is 19.2 Å². The number of carbonyl (C=O) groups is 2. The van der Waals surface area contributed by atoms with Crippen LogP contribution in [0.2, 0.25) is 0 Å². The predicted molar refractivity (Wildman–Crippen MR) is 166 cm³/mol. The highest BCUT2D eigenvalue weighted by Crippen LogP contribution is 2.39. The fraction of sp³-hybridized carbons (Fsp3) is 0.333. The maximum Gasteiger partial charge on any atom is 0.320 e. The molecule has 1 fully saturated rings. The predicted octanol–water partition coefficient (Wildman–Crippen LogP) is 6.23. The summed E-state index contributed by atoms with van der Waals surface area (Å²) in [6.45, 7) is 2.16. The monoisotopic (exact) mass is 583 g/mol. The molecule has 0 saturated heterocycles. The van der Waals surface area contributed by atoms with E-state index in [9.17, 15) is 19.7 Å². The van der Waals surface area contributed by atoms with Crippen LogP contribution in [-0.2, 0) is 16.6 Å². The van der Waals surface area contributed by atoms with Crippen molar-refractivity contribution in [2.45, 2.75) is 56.4 Å². The van der Waals surface area contributed by atoms with Crippen LogP contribution < -0.4 is 20.7 Å². The van der Waals surface area contributed by atoms with Crippen molar-refractivity contribution in [2.75, 3.05) is 19.0 Å². The molecule has 0 bridgehead atoms. The molecule has 224 valence electrons. The van der Waals surface area contributed by atoms with E-state index in [0.29, 0.717) is 12.2 Å². The molecular weight excluding hydrogens is 546 g/mol. The second-order valence-corrected chi connectivity index (χ2v) is 11.5. The summed E-state index contributed by atoms with van der Waals surface area (Å²) in [6.07, 6.45) is 7.32. The Balaban J connectivity index is 1.38. The van der Waals surface area contributed by atoms with E-state index in [2.05, 4.69) is 33.1 Å². The van der Waals surface area contributed by atoms with Crippen LogP contribution in [0.3, 0.4) is 0 Å². The van der Waals surface area contributed by atoms with E-state index >= 15 is 0 Å². The number of aromatic amines is 1. The molecule has 1 aromatic heterocycles. The van der Waals surface area contributed by atoms with Crippen LogP contribution in [0.4, 0.5) is 16.2 Å². The van der Waals surface area contributed by atoms with Crippen LogP contribution in [0.1, 0.15) is 50.2 Å². The molecule has 5 rings (SSSR count). The zero-order valence-electron chi connectivity index (χ0n) is 24.4. The van der Waals surface area contributed by atoms with E-state index in [-0.39, 0.29) is 23.4 Å². The van der Waals surface area contributed by atoms with Gasteiger partial charge < -0.3 is 25.7 Å². The molecule has 0 spiro atoms. The minimum absolute atomic E-state index is 0.0805. The minimum Gasteiger partial charge on any atom is -0.497 e. The number of nitro groups is 1. The molecule has 3 aromatic carbocycles. The Morgan fingerprint density at radius 1 is 1.00 bits per heavy atom. The van der Waals surface area contributed by atoms with E-state index in [1.165, 1.54) is 24.3 Å². The van der Waals surface area contributed by atoms with Gasteiger partial charge in [0.1, 0.15) is 11.3 Å². The second-order valence-electron chi connectivity index (χ2n) is 11.5. The second kappa shape index (κ2) is 12.6. The Morgan fingerprint density at radius 2 is 1.70 bits per heavy atom. The number of carbonyl (C=O) groups excluding carboxylic acids is 2. The molecule has 10 heteroatoms. The van der Waals surface area contributed by atoms with E-state index in [0.717, 1.165) is 59.9 Å². The highest BCUT2D eigenvalue weighted by Gasteiger charge is 2.39. The molecule has 4 N–H and O–H groups in total. The van der Waals surface area contributed by atoms with Crippen molar-refractivity contribution in [2.24, 2.45) is 0 Å². The number of hydrogen-bond acceptors (Lipinski definition) is 5. The first-order chi connectivity index (χ1) is 20.7. The summed E-state index contributed by atoms with van der Waals surface area (Å²) in [6, 6.07) is 20.9. The smallest absolute Gasteiger partial charge is 0.320 e. The summed E-state index contributed by atoms with van der Waals surface area (Å²) in [5, 5.41) is 20.8. The molecule has 0 unspecified atom stereocenters. The summed E-state index contributed by atoms with van der Waals surface area (Å²) in [5.74, 6) is 0.489. The highest BCUT2D eigenvalue weighted by molar-refractivity contribution is 5.96. The molecule has 10 nitrogen and oxygen atoms in total. The van der Waals surface area contributed by atoms with Gasteiger partial charge in [0, 0.05) is 53.3 Å². The number of amides is 3. The number of rotatable bonds is 10. The number of hydrogen-bond donors (Lipinski definition) is 4. The first kappa shape index (κ1) is 29.6. The number of anilines is 1. The van der Waals surface area contributed by atoms with Crippen LogP contribution in [0.25, 0.3) is 10.9 Å². The van der Waals surface area contributed by atoms with Crippen LogP contribution in [0.15, 0.2) is 79.0 Å². The lowest BCUT2D eigenvalue weighted by molar-refractivity contribution is -0.384. The lowest BCUT2D eigenvalue weighted by Crippen LogP contribution is -2.60. The summed E-state index contributed by atoms with van der Waals surface area (Å²) in [5.41, 5.74) is 1.76. The number of ether oxygens (including phenoxy) is 1. The number of fused-ring (bicyclic) bond motifs is 1. The molecule has 1 saturated carbocycles. The molecule has 0 aliphatic heterocycles. The number of H-pyrrole nitrogens is 1. The third-order valence-electron chi connectivity index (χ3n) is 8.55. The largest absolute Gasteiger partial charge is 0.497 e. The Labute approximate surface area is 250 Å². The van der Waals surface area contributed by atoms with Crippen molar-refractivity contribution in [3.05, 3.63) is 100 Å². The minimum atomic E-state index is -1.31. The Morgan fingerprint density at radius 3 is 2.37 bits per heavy atom. The molecule has 4 aromatic rings. The van der Waals surface area contributed by atoms with Crippen molar-refractivity contribution in [1.82, 2.24) is 15.6 Å². The maximum atomic E-state index is 14.1. The topological polar surface area (TPSA) is 138 Å². The first-order valence-electron chi connectivity index (χ1n) is 14.5. The molecule has 3 amide bonds. The van der Waals surface area contributed by atoms with Gasteiger partial charge in [-0.15, -0.1) is 0 Å². The number of nitrogens with one attached hydrogen (secondary N) is 4. The van der Waals surface area contributed by atoms with E-state index < -0.39 is 16.5 Å². The van der Waals surface area contributed by atoms with Crippen LogP contribution in [0.5, 0.6) is 5.75 Å². The van der Waals surface area contributed by atoms with Crippen LogP contribution in [-0.4, -0.2) is 41.0 Å². The summed E-state index contributed by atoms with van der Waals surface area (Å²) >= 11 is 0. The summed E-state index contributed by atoms with van der Waals surface area (Å²) in [7, 11) is 1.64. The average molecular weight is 584 g/mol. The molecule has 1 aliphatic rings. The quantitative estimate of drug-likeness (QED) is 0.130. The Hall–Kier alpha value is -4.86. The van der Waals surface area contributed by atoms with Crippen molar-refractivity contribution in [3.63, 3.8) is 0 Å². The number of benzene rings is 3. The molecule has 1 atom stereocenters. The summed E-state index contributed by atoms with van der Waals surface area (Å²) in [4.78, 5) is 41.1. The Bertz CT molecular complexity index is 1590. The fourth-order valence-corrected chi connectivity index (χ4v) is 6.10. The number of nitro benzene ring substituents is 1. The van der Waals surface area contributed by atoms with Crippen molar-refractivity contribution >= 4 is 34.2 Å². The fourth-order valence-electron chi connectivity index (χ4n) is 6.10. The Kier molecular flexibility index (Phi) is 8.66. The molecule has 1 aliphatic carbocycles. The van der Waals surface area contributed by atoms with Gasteiger partial charge >= 0.3 is 6.03 Å². The number of aromatic nitrogens is 1. The number of non-ortho nitro benzene ring substituents is 1. The molecule has 1 heterocycles. The molecule has 43 heavy (non-hydrogen) atoms. The van der Waals surface area contributed by atoms with Gasteiger partial charge in [0.15, 0.2) is 0 Å². The van der Waals surface area contributed by atoms with Gasteiger partial charge in [-0.1, -0.05) is 49.6 Å². The molecular formula is C33H37N5O5. The lowest BCUT2D eigenvalue weighted by atomic mass is 9.69. The van der Waals surface area contributed by atoms with E-state index in [1.807, 2.05) is 42.6 Å². The number of nitrogens with zero attached hydrogens (tertiary/aromatic N) is 1. The standard InChI is InChI=1S/C33H37N5O5/c1-32(20-23-21-34-29-9-5-4-8-28(23)29,37-31(40)36-25-12-14-26(15-13-25)38(41)42)30(39)35-22-33(18-6-3-7-19-33)24-10-16-27(43-2)17-11-24/h4-5,8-17,21,34H,3,6-7,18-20,22H2,1-2H3,(H,35,39)(H2,36,37,40)/t32-/m0/s1. The van der Waals surface area contributed by atoms with Crippen LogP contribution in [0, 0.1) is 10.1 Å². The van der Waals surface area contributed by atoms with Gasteiger partial charge in [0.05, 0.1) is 12.0 Å². The first-order valence-corrected chi connectivity index (χ1v) is 14.5. The SMILES string of the molecule is COc1ccc(C2(CNC(=O)[C@](C)(Cc3c[nH]c4ccccc34)NC(=O)Nc3ccc([N+](=O)[O-])cc3)CCCCC2)cc1. The van der Waals surface area contributed by atoms with Crippen LogP contribution >= 0.6 is 0 Å². The van der Waals surface area contributed by atoms with Gasteiger partial charge in [-0.25, -0.2) is 4.79 Å². The zero-order chi connectivity index (χ0) is 30.5. The van der Waals surface area contributed by atoms with Gasteiger partial charge in [-0.05, 0) is 61.2 Å². The highest BCUT2D eigenvalue weighted by atomic mass is 16.6. The maximum absolute atomic E-state index is 14.1. The van der Waals surface area contributed by atoms with E-state index in [1.54, 1.807) is 14.0 Å². The summed E-state index contributed by atoms with van der Waals surface area (Å²) < 4.78 is 5.36. The van der Waals surface area contributed by atoms with Gasteiger partial charge in [0.25, 0.3) is 5.69 Å². The van der Waals surface area contributed by atoms with Gasteiger partial charge in [0.2, 0.25) is 5.91 Å². The molecule has 0 radical (unpaired) electrons. The normalized spacial score (nSPS) is 15.7. The third-order valence-corrected chi connectivity index (χ3v) is 8.55. The van der Waals surface area contributed by atoms with E-state index in [4.69, 9.17) is 4.74 Å². The number of para-hydroxylation sites is 1. The average Bonchev–Trinajstić information content (AvgIpc) is 3.42.